The largest absolute Gasteiger partial charge is 0.379 e. The summed E-state index contributed by atoms with van der Waals surface area (Å²) >= 11 is 12.1. The molecule has 2 rings (SSSR count). The molecule has 0 amide bonds. The van der Waals surface area contributed by atoms with Crippen LogP contribution in [0.3, 0.4) is 0 Å². The maximum Gasteiger partial charge on any atom is 0.130 e. The summed E-state index contributed by atoms with van der Waals surface area (Å²) in [7, 11) is 3.98. The average Bonchev–Trinajstić information content (AvgIpc) is 2.78. The Morgan fingerprint density at radius 2 is 1.86 bits per heavy atom. The fraction of sp³-hybridized carbons (Fsp3) is 0.400. The van der Waals surface area contributed by atoms with Crippen molar-refractivity contribution in [3.05, 3.63) is 51.8 Å². The third kappa shape index (κ3) is 3.58. The van der Waals surface area contributed by atoms with E-state index in [9.17, 15) is 5.11 Å². The van der Waals surface area contributed by atoms with Crippen molar-refractivity contribution < 1.29 is 5.11 Å². The van der Waals surface area contributed by atoms with E-state index in [2.05, 4.69) is 10.00 Å². The molecule has 0 radical (unpaired) electrons. The fourth-order valence-corrected chi connectivity index (χ4v) is 2.67. The van der Waals surface area contributed by atoms with E-state index in [1.807, 2.05) is 14.1 Å². The number of hydrogen-bond donors (Lipinski definition) is 1. The minimum atomic E-state index is -1.23. The van der Waals surface area contributed by atoms with E-state index in [1.165, 1.54) is 0 Å². The van der Waals surface area contributed by atoms with Gasteiger partial charge >= 0.3 is 0 Å². The van der Waals surface area contributed by atoms with Crippen LogP contribution in [0.5, 0.6) is 0 Å². The molecule has 1 atom stereocenters. The molecule has 1 aromatic carbocycles. The molecule has 114 valence electrons. The Labute approximate surface area is 134 Å². The Morgan fingerprint density at radius 3 is 2.43 bits per heavy atom. The van der Waals surface area contributed by atoms with Crippen molar-refractivity contribution in [1.82, 2.24) is 14.7 Å². The zero-order valence-electron chi connectivity index (χ0n) is 12.3. The van der Waals surface area contributed by atoms with Gasteiger partial charge in [0.1, 0.15) is 5.60 Å². The highest BCUT2D eigenvalue weighted by Crippen LogP contribution is 2.34. The topological polar surface area (TPSA) is 41.3 Å². The predicted octanol–water partition coefficient (Wildman–Crippen LogP) is 3.01. The standard InChI is InChI=1S/C15H19Cl2N3O/c1-15(21,11-4-6-12(16)7-5-11)14-13(17)10-18-20(14)9-8-19(2)3/h4-7,10,21H,8-9H2,1-3H3. The van der Waals surface area contributed by atoms with Crippen LogP contribution in [0.4, 0.5) is 0 Å². The van der Waals surface area contributed by atoms with Crippen LogP contribution in [-0.4, -0.2) is 40.4 Å². The van der Waals surface area contributed by atoms with Crippen molar-refractivity contribution in [3.63, 3.8) is 0 Å². The number of benzene rings is 1. The number of aromatic nitrogens is 2. The Kier molecular flexibility index (Phi) is 4.94. The zero-order valence-corrected chi connectivity index (χ0v) is 13.9. The van der Waals surface area contributed by atoms with Crippen LogP contribution in [-0.2, 0) is 12.1 Å². The number of rotatable bonds is 5. The molecule has 0 saturated heterocycles. The summed E-state index contributed by atoms with van der Waals surface area (Å²) in [6, 6.07) is 7.09. The van der Waals surface area contributed by atoms with Gasteiger partial charge < -0.3 is 10.0 Å². The zero-order chi connectivity index (χ0) is 15.6. The van der Waals surface area contributed by atoms with E-state index in [0.29, 0.717) is 22.3 Å². The Bertz CT molecular complexity index is 606. The van der Waals surface area contributed by atoms with E-state index in [1.54, 1.807) is 42.1 Å². The van der Waals surface area contributed by atoms with Gasteiger partial charge in [-0.2, -0.15) is 5.10 Å². The highest BCUT2D eigenvalue weighted by molar-refractivity contribution is 6.31. The van der Waals surface area contributed by atoms with Gasteiger partial charge in [0.25, 0.3) is 0 Å². The summed E-state index contributed by atoms with van der Waals surface area (Å²) in [6.07, 6.45) is 1.57. The second-order valence-corrected chi connectivity index (χ2v) is 6.29. The van der Waals surface area contributed by atoms with E-state index >= 15 is 0 Å². The summed E-state index contributed by atoms with van der Waals surface area (Å²) in [5.74, 6) is 0. The lowest BCUT2D eigenvalue weighted by atomic mass is 9.92. The first-order valence-corrected chi connectivity index (χ1v) is 7.43. The van der Waals surface area contributed by atoms with Gasteiger partial charge in [0, 0.05) is 11.6 Å². The quantitative estimate of drug-likeness (QED) is 0.917. The monoisotopic (exact) mass is 327 g/mol. The van der Waals surface area contributed by atoms with Gasteiger partial charge in [-0.3, -0.25) is 4.68 Å². The van der Waals surface area contributed by atoms with E-state index in [4.69, 9.17) is 23.2 Å². The van der Waals surface area contributed by atoms with Gasteiger partial charge in [-0.25, -0.2) is 0 Å². The molecule has 2 aromatic rings. The molecule has 1 aromatic heterocycles. The highest BCUT2D eigenvalue weighted by Gasteiger charge is 2.32. The summed E-state index contributed by atoms with van der Waals surface area (Å²) in [5.41, 5.74) is 0.0820. The Balaban J connectivity index is 2.39. The number of hydrogen-bond acceptors (Lipinski definition) is 3. The maximum absolute atomic E-state index is 11.0. The van der Waals surface area contributed by atoms with Crippen LogP contribution >= 0.6 is 23.2 Å². The lowest BCUT2D eigenvalue weighted by Gasteiger charge is -2.26. The first kappa shape index (κ1) is 16.3. The molecular weight excluding hydrogens is 309 g/mol. The lowest BCUT2D eigenvalue weighted by Crippen LogP contribution is -2.29. The van der Waals surface area contributed by atoms with Crippen LogP contribution in [0.25, 0.3) is 0 Å². The second kappa shape index (κ2) is 6.36. The lowest BCUT2D eigenvalue weighted by molar-refractivity contribution is 0.0910. The first-order chi connectivity index (χ1) is 9.82. The number of likely N-dealkylation sites (N-methyl/N-ethyl adjacent to an activating group) is 1. The molecular formula is C15H19Cl2N3O. The molecule has 4 nitrogen and oxygen atoms in total. The van der Waals surface area contributed by atoms with E-state index in [-0.39, 0.29) is 0 Å². The fourth-order valence-electron chi connectivity index (χ4n) is 2.22. The molecule has 1 heterocycles. The maximum atomic E-state index is 11.0. The van der Waals surface area contributed by atoms with Crippen molar-refractivity contribution in [3.8, 4) is 0 Å². The predicted molar refractivity (Wildman–Crippen MR) is 85.9 cm³/mol. The molecule has 6 heteroatoms. The second-order valence-electron chi connectivity index (χ2n) is 5.45. The van der Waals surface area contributed by atoms with Crippen molar-refractivity contribution in [2.24, 2.45) is 0 Å². The minimum absolute atomic E-state index is 0.453. The summed E-state index contributed by atoms with van der Waals surface area (Å²) in [5, 5.41) is 16.3. The van der Waals surface area contributed by atoms with Crippen LogP contribution < -0.4 is 0 Å². The van der Waals surface area contributed by atoms with Crippen LogP contribution in [0.2, 0.25) is 10.0 Å². The number of nitrogens with zero attached hydrogens (tertiary/aromatic N) is 3. The van der Waals surface area contributed by atoms with Crippen molar-refractivity contribution in [2.75, 3.05) is 20.6 Å². The molecule has 0 spiro atoms. The van der Waals surface area contributed by atoms with Crippen molar-refractivity contribution >= 4 is 23.2 Å². The Morgan fingerprint density at radius 1 is 1.24 bits per heavy atom. The van der Waals surface area contributed by atoms with Crippen molar-refractivity contribution in [2.45, 2.75) is 19.1 Å². The molecule has 1 N–H and O–H groups in total. The SMILES string of the molecule is CN(C)CCn1ncc(Cl)c1C(C)(O)c1ccc(Cl)cc1. The third-order valence-electron chi connectivity index (χ3n) is 3.42. The summed E-state index contributed by atoms with van der Waals surface area (Å²) in [4.78, 5) is 2.05. The third-order valence-corrected chi connectivity index (χ3v) is 3.95. The normalized spacial score (nSPS) is 14.4. The molecule has 0 saturated carbocycles. The minimum Gasteiger partial charge on any atom is -0.379 e. The molecule has 0 bridgehead atoms. The van der Waals surface area contributed by atoms with Crippen LogP contribution in [0, 0.1) is 0 Å². The van der Waals surface area contributed by atoms with Gasteiger partial charge in [0.15, 0.2) is 0 Å². The molecule has 0 aliphatic carbocycles. The first-order valence-electron chi connectivity index (χ1n) is 6.67. The molecule has 21 heavy (non-hydrogen) atoms. The van der Waals surface area contributed by atoms with E-state index in [0.717, 1.165) is 12.1 Å². The van der Waals surface area contributed by atoms with E-state index < -0.39 is 5.60 Å². The van der Waals surface area contributed by atoms with Gasteiger partial charge in [-0.1, -0.05) is 35.3 Å². The van der Waals surface area contributed by atoms with Crippen LogP contribution in [0.15, 0.2) is 30.5 Å². The van der Waals surface area contributed by atoms with Gasteiger partial charge in [-0.05, 0) is 38.7 Å². The van der Waals surface area contributed by atoms with Gasteiger partial charge in [0.2, 0.25) is 0 Å². The number of halogens is 2. The molecule has 0 fully saturated rings. The van der Waals surface area contributed by atoms with Crippen LogP contribution in [0.1, 0.15) is 18.2 Å². The van der Waals surface area contributed by atoms with Gasteiger partial charge in [0.05, 0.1) is 23.5 Å². The average molecular weight is 328 g/mol. The van der Waals surface area contributed by atoms with Gasteiger partial charge in [-0.15, -0.1) is 0 Å². The number of aliphatic hydroxyl groups is 1. The Hall–Kier alpha value is -1.07. The molecule has 0 aliphatic rings. The highest BCUT2D eigenvalue weighted by atomic mass is 35.5. The van der Waals surface area contributed by atoms with Crippen molar-refractivity contribution in [1.29, 1.82) is 0 Å². The summed E-state index contributed by atoms with van der Waals surface area (Å²) in [6.45, 7) is 3.17. The smallest absolute Gasteiger partial charge is 0.130 e. The molecule has 0 aliphatic heterocycles. The summed E-state index contributed by atoms with van der Waals surface area (Å²) < 4.78 is 1.75. The molecule has 1 unspecified atom stereocenters.